The monoisotopic (exact) mass is 260 g/mol. The van der Waals surface area contributed by atoms with E-state index in [1.165, 1.54) is 0 Å². The standard InChI is InChI=1S/C15H16O4/c1-8-2-4-9(5-3-8)15(17)13-11-7-6-10(18-11)12(13)14(16)19-15/h2-5,10-13,17H,6-7H2,1H3/t10-,11+,12-,13+,15?/m1/s1. The van der Waals surface area contributed by atoms with Crippen molar-refractivity contribution in [3.63, 3.8) is 0 Å². The number of esters is 1. The van der Waals surface area contributed by atoms with Gasteiger partial charge >= 0.3 is 5.97 Å². The first-order valence-corrected chi connectivity index (χ1v) is 6.77. The molecule has 100 valence electrons. The quantitative estimate of drug-likeness (QED) is 0.777. The molecule has 4 rings (SSSR count). The molecule has 3 aliphatic heterocycles. The van der Waals surface area contributed by atoms with Crippen molar-refractivity contribution in [1.29, 1.82) is 0 Å². The zero-order valence-corrected chi connectivity index (χ0v) is 10.7. The molecule has 0 amide bonds. The van der Waals surface area contributed by atoms with Crippen LogP contribution in [0.25, 0.3) is 0 Å². The number of ether oxygens (including phenoxy) is 2. The van der Waals surface area contributed by atoms with Gasteiger partial charge in [-0.25, -0.2) is 0 Å². The lowest BCUT2D eigenvalue weighted by Crippen LogP contribution is -2.39. The molecule has 4 nitrogen and oxygen atoms in total. The fraction of sp³-hybridized carbons (Fsp3) is 0.533. The van der Waals surface area contributed by atoms with Crippen LogP contribution in [0.4, 0.5) is 0 Å². The molecule has 0 aliphatic carbocycles. The molecule has 3 aliphatic rings. The Labute approximate surface area is 111 Å². The molecular weight excluding hydrogens is 244 g/mol. The second-order valence-electron chi connectivity index (χ2n) is 5.83. The molecule has 0 radical (unpaired) electrons. The lowest BCUT2D eigenvalue weighted by atomic mass is 9.75. The Morgan fingerprint density at radius 1 is 1.21 bits per heavy atom. The maximum absolute atomic E-state index is 12.0. The van der Waals surface area contributed by atoms with Gasteiger partial charge in [0.1, 0.15) is 0 Å². The smallest absolute Gasteiger partial charge is 0.315 e. The van der Waals surface area contributed by atoms with Crippen LogP contribution in [0.5, 0.6) is 0 Å². The predicted molar refractivity (Wildman–Crippen MR) is 66.0 cm³/mol. The Hall–Kier alpha value is -1.39. The van der Waals surface area contributed by atoms with Gasteiger partial charge in [-0.05, 0) is 19.8 Å². The van der Waals surface area contributed by atoms with Crippen LogP contribution < -0.4 is 0 Å². The predicted octanol–water partition coefficient (Wildman–Crippen LogP) is 1.49. The van der Waals surface area contributed by atoms with E-state index >= 15 is 0 Å². The molecular formula is C15H16O4. The van der Waals surface area contributed by atoms with E-state index in [2.05, 4.69) is 0 Å². The van der Waals surface area contributed by atoms with Crippen LogP contribution in [0.15, 0.2) is 24.3 Å². The van der Waals surface area contributed by atoms with Crippen molar-refractivity contribution in [2.24, 2.45) is 11.8 Å². The first-order valence-electron chi connectivity index (χ1n) is 6.77. The summed E-state index contributed by atoms with van der Waals surface area (Å²) >= 11 is 0. The molecule has 0 spiro atoms. The Morgan fingerprint density at radius 3 is 2.63 bits per heavy atom. The van der Waals surface area contributed by atoms with Gasteiger partial charge in [0.15, 0.2) is 0 Å². The summed E-state index contributed by atoms with van der Waals surface area (Å²) in [5, 5.41) is 10.9. The van der Waals surface area contributed by atoms with Gasteiger partial charge in [-0.15, -0.1) is 0 Å². The molecule has 1 N–H and O–H groups in total. The highest BCUT2D eigenvalue weighted by atomic mass is 16.7. The summed E-state index contributed by atoms with van der Waals surface area (Å²) in [5.41, 5.74) is 1.76. The Kier molecular flexibility index (Phi) is 2.16. The second kappa shape index (κ2) is 3.58. The van der Waals surface area contributed by atoms with Crippen molar-refractivity contribution in [1.82, 2.24) is 0 Å². The molecule has 3 heterocycles. The molecule has 3 saturated heterocycles. The maximum atomic E-state index is 12.0. The van der Waals surface area contributed by atoms with Crippen LogP contribution >= 0.6 is 0 Å². The summed E-state index contributed by atoms with van der Waals surface area (Å²) in [6.07, 6.45) is 1.66. The van der Waals surface area contributed by atoms with Crippen LogP contribution in [-0.2, 0) is 20.1 Å². The molecule has 3 fully saturated rings. The van der Waals surface area contributed by atoms with Gasteiger partial charge in [0.25, 0.3) is 0 Å². The average molecular weight is 260 g/mol. The zero-order chi connectivity index (χ0) is 13.2. The molecule has 19 heavy (non-hydrogen) atoms. The van der Waals surface area contributed by atoms with E-state index in [0.717, 1.165) is 18.4 Å². The highest BCUT2D eigenvalue weighted by Crippen LogP contribution is 2.56. The van der Waals surface area contributed by atoms with E-state index in [0.29, 0.717) is 5.56 Å². The summed E-state index contributed by atoms with van der Waals surface area (Å²) in [7, 11) is 0. The van der Waals surface area contributed by atoms with Crippen molar-refractivity contribution in [3.05, 3.63) is 35.4 Å². The lowest BCUT2D eigenvalue weighted by molar-refractivity contribution is -0.217. The van der Waals surface area contributed by atoms with E-state index in [9.17, 15) is 9.90 Å². The lowest BCUT2D eigenvalue weighted by Gasteiger charge is -2.30. The van der Waals surface area contributed by atoms with Gasteiger partial charge in [0, 0.05) is 5.56 Å². The van der Waals surface area contributed by atoms with Crippen LogP contribution in [0.2, 0.25) is 0 Å². The highest BCUT2D eigenvalue weighted by molar-refractivity contribution is 5.77. The van der Waals surface area contributed by atoms with Gasteiger partial charge in [-0.3, -0.25) is 4.79 Å². The van der Waals surface area contributed by atoms with Crippen molar-refractivity contribution in [2.45, 2.75) is 37.8 Å². The van der Waals surface area contributed by atoms with Gasteiger partial charge in [-0.1, -0.05) is 29.8 Å². The Balaban J connectivity index is 1.78. The number of hydrogen-bond acceptors (Lipinski definition) is 4. The summed E-state index contributed by atoms with van der Waals surface area (Å²) in [5.74, 6) is -2.40. The number of fused-ring (bicyclic) bond motifs is 5. The molecule has 0 saturated carbocycles. The number of carbonyl (C=O) groups excluding carboxylic acids is 1. The minimum atomic E-state index is -1.52. The Morgan fingerprint density at radius 2 is 1.89 bits per heavy atom. The summed E-state index contributed by atoms with van der Waals surface area (Å²) in [6, 6.07) is 7.50. The number of cyclic esters (lactones) is 1. The molecule has 2 bridgehead atoms. The molecule has 1 aromatic carbocycles. The zero-order valence-electron chi connectivity index (χ0n) is 10.7. The first kappa shape index (κ1) is 11.4. The summed E-state index contributed by atoms with van der Waals surface area (Å²) < 4.78 is 11.1. The van der Waals surface area contributed by atoms with Gasteiger partial charge in [-0.2, -0.15) is 0 Å². The van der Waals surface area contributed by atoms with Gasteiger partial charge in [0.2, 0.25) is 5.79 Å². The third-order valence-electron chi connectivity index (χ3n) is 4.72. The Bertz CT molecular complexity index is 538. The molecule has 0 aromatic heterocycles. The third kappa shape index (κ3) is 1.38. The van der Waals surface area contributed by atoms with Crippen LogP contribution in [-0.4, -0.2) is 23.3 Å². The van der Waals surface area contributed by atoms with E-state index in [4.69, 9.17) is 9.47 Å². The SMILES string of the molecule is Cc1ccc(C2(O)OC(=O)[C@H]3[C@@H]2[C@@H]2CC[C@H]3O2)cc1. The molecule has 5 atom stereocenters. The van der Waals surface area contributed by atoms with Crippen molar-refractivity contribution < 1.29 is 19.4 Å². The molecule has 1 unspecified atom stereocenters. The van der Waals surface area contributed by atoms with Gasteiger partial charge < -0.3 is 14.6 Å². The normalized spacial score (nSPS) is 43.4. The average Bonchev–Trinajstić information content (AvgIpc) is 3.04. The fourth-order valence-corrected chi connectivity index (χ4v) is 3.81. The highest BCUT2D eigenvalue weighted by Gasteiger charge is 2.67. The number of aryl methyl sites for hydroxylation is 1. The number of carbonyl (C=O) groups is 1. The van der Waals surface area contributed by atoms with E-state index in [1.807, 2.05) is 31.2 Å². The maximum Gasteiger partial charge on any atom is 0.315 e. The summed E-state index contributed by atoms with van der Waals surface area (Å²) in [6.45, 7) is 1.98. The van der Waals surface area contributed by atoms with Crippen molar-refractivity contribution >= 4 is 5.97 Å². The third-order valence-corrected chi connectivity index (χ3v) is 4.72. The number of aliphatic hydroxyl groups is 1. The molecule has 4 heteroatoms. The van der Waals surface area contributed by atoms with E-state index < -0.39 is 5.79 Å². The minimum Gasteiger partial charge on any atom is -0.428 e. The van der Waals surface area contributed by atoms with Crippen molar-refractivity contribution in [2.75, 3.05) is 0 Å². The largest absolute Gasteiger partial charge is 0.428 e. The topological polar surface area (TPSA) is 55.8 Å². The number of benzene rings is 1. The second-order valence-corrected chi connectivity index (χ2v) is 5.83. The van der Waals surface area contributed by atoms with Crippen LogP contribution in [0.1, 0.15) is 24.0 Å². The van der Waals surface area contributed by atoms with Crippen LogP contribution in [0, 0.1) is 18.8 Å². The molecule has 1 aromatic rings. The van der Waals surface area contributed by atoms with Gasteiger partial charge in [0.05, 0.1) is 24.0 Å². The minimum absolute atomic E-state index is 0.0623. The summed E-state index contributed by atoms with van der Waals surface area (Å²) in [4.78, 5) is 12.0. The van der Waals surface area contributed by atoms with Crippen LogP contribution in [0.3, 0.4) is 0 Å². The van der Waals surface area contributed by atoms with E-state index in [-0.39, 0.29) is 30.0 Å². The first-order chi connectivity index (χ1) is 9.09. The fourth-order valence-electron chi connectivity index (χ4n) is 3.81. The number of hydrogen-bond donors (Lipinski definition) is 1. The van der Waals surface area contributed by atoms with Crippen molar-refractivity contribution in [3.8, 4) is 0 Å². The van der Waals surface area contributed by atoms with E-state index in [1.54, 1.807) is 0 Å². The number of rotatable bonds is 1.